The number of carbonyl (C=O) groups is 17. The van der Waals surface area contributed by atoms with Gasteiger partial charge in [-0.2, -0.15) is 5.26 Å². The van der Waals surface area contributed by atoms with Crippen molar-refractivity contribution in [2.24, 2.45) is 143 Å². The van der Waals surface area contributed by atoms with Crippen molar-refractivity contribution in [2.45, 2.75) is 386 Å². The second-order valence-electron chi connectivity index (χ2n) is 48.0. The van der Waals surface area contributed by atoms with E-state index in [2.05, 4.69) is 15.5 Å². The molecule has 12 bridgehead atoms. The minimum atomic E-state index is -0.974. The number of nitriles is 1. The van der Waals surface area contributed by atoms with Gasteiger partial charge in [-0.15, -0.1) is 0 Å². The van der Waals surface area contributed by atoms with Crippen molar-refractivity contribution in [1.29, 1.82) is 5.26 Å². The minimum Gasteiger partial charge on any atom is -0.469 e. The van der Waals surface area contributed by atoms with E-state index in [4.69, 9.17) is 80.5 Å². The van der Waals surface area contributed by atoms with Gasteiger partial charge in [0.15, 0.2) is 17.6 Å². The number of ether oxygens (including phenoxy) is 19. The average Bonchev–Trinajstić information content (AvgIpc) is 1.55. The van der Waals surface area contributed by atoms with Crippen LogP contribution < -0.4 is 0 Å². The summed E-state index contributed by atoms with van der Waals surface area (Å²) in [5, 5.41) is 9.31. The predicted molar refractivity (Wildman–Crippen MR) is 512 cm³/mol. The highest BCUT2D eigenvalue weighted by Gasteiger charge is 2.74. The second-order valence-corrected chi connectivity index (χ2v) is 48.0. The molecule has 12 aliphatic heterocycles. The SMILES string of the molecule is CCC(C)(C)C(=O)OC.CCC(C)(C)C(=O)OC.CCC(C)(C)C(=O)OC1C2CC3C(=O)OC1C3C2.CCC(C)(C)C(=O)OC1C2CC3C(=O)OC1C3O2.CCC(C)(C)C(=O)OC1C2CC3C1OC(=O)C3(C#N)C2.CCC(C)(C)C(=O)OC1C2CC3C1OC(=O)C3C2C(=O)OC.CCC(C)(C)C(=O)OC1CCOC1=O.CCC(C)(C)C(=O)OC1COC(=O)C1.O=C1OCC2C3CCC(C3)C12.O=C1OCC2C3CCC(O3)C12. The normalized spacial score (nSPS) is 35.2. The van der Waals surface area contributed by atoms with E-state index in [0.29, 0.717) is 113 Å². The van der Waals surface area contributed by atoms with Crippen LogP contribution in [0.2, 0.25) is 0 Å². The van der Waals surface area contributed by atoms with Gasteiger partial charge in [-0.1, -0.05) is 55.4 Å². The number of esters is 17. The van der Waals surface area contributed by atoms with Gasteiger partial charge in [0.25, 0.3) is 0 Å². The van der Waals surface area contributed by atoms with Gasteiger partial charge in [0.2, 0.25) is 6.10 Å². The van der Waals surface area contributed by atoms with Crippen molar-refractivity contribution in [2.75, 3.05) is 47.8 Å². The van der Waals surface area contributed by atoms with Crippen LogP contribution in [-0.4, -0.2) is 235 Å². The van der Waals surface area contributed by atoms with Gasteiger partial charge in [0, 0.05) is 53.8 Å². The first kappa shape index (κ1) is 117. The lowest BCUT2D eigenvalue weighted by molar-refractivity contribution is -0.173. The summed E-state index contributed by atoms with van der Waals surface area (Å²) < 4.78 is 98.8. The van der Waals surface area contributed by atoms with Crippen molar-refractivity contribution in [3.63, 3.8) is 0 Å². The molecule has 20 rings (SSSR count). The van der Waals surface area contributed by atoms with E-state index in [1.54, 1.807) is 13.8 Å². The zero-order valence-corrected chi connectivity index (χ0v) is 90.6. The van der Waals surface area contributed by atoms with E-state index in [-0.39, 0.29) is 192 Å². The maximum atomic E-state index is 12.4. The van der Waals surface area contributed by atoms with Gasteiger partial charge < -0.3 is 90.0 Å². The van der Waals surface area contributed by atoms with Crippen LogP contribution in [0.4, 0.5) is 0 Å². The predicted octanol–water partition coefficient (Wildman–Crippen LogP) is 13.4. The molecule has 818 valence electrons. The first-order valence-corrected chi connectivity index (χ1v) is 53.0. The fraction of sp³-hybridized carbons (Fsp3) is 0.835. The van der Waals surface area contributed by atoms with E-state index < -0.39 is 104 Å². The number of hydrogen-bond donors (Lipinski definition) is 0. The summed E-state index contributed by atoms with van der Waals surface area (Å²) in [5.41, 5.74) is -4.69. The highest BCUT2D eigenvalue weighted by Crippen LogP contribution is 2.64. The number of hydrogen-bond acceptors (Lipinski definition) is 37. The van der Waals surface area contributed by atoms with Gasteiger partial charge in [-0.3, -0.25) is 76.7 Å². The lowest BCUT2D eigenvalue weighted by atomic mass is 9.74. The Labute approximate surface area is 857 Å². The van der Waals surface area contributed by atoms with E-state index in [1.165, 1.54) is 40.6 Å². The van der Waals surface area contributed by atoms with Crippen LogP contribution in [-0.2, 0) is 172 Å². The van der Waals surface area contributed by atoms with Gasteiger partial charge in [-0.25, -0.2) is 4.79 Å². The zero-order chi connectivity index (χ0) is 108. The van der Waals surface area contributed by atoms with E-state index >= 15 is 0 Å². The third-order valence-corrected chi connectivity index (χ3v) is 35.9. The Balaban J connectivity index is 0.000000156. The standard InChI is InChI=1S/C16H22O6.C15H19NO4.C14H20O4.C13H18O5.2C10H16O4.C9H12O2.C8H10O3.2C7H14O2/c1-5-16(2,3)15(19)22-12-7-6-8-10(9(7)13(17)20-4)14(18)21-11(8)12;1-4-14(2,3)12(17)19-10-8-5-9-11(10)20-13(18)15(9,6-8)7-16;1-4-14(2,3)13(16)18-10-7-5-8-9(6-7)12(15)17-11(8)10;1-4-13(2,3)12(15)18-9-7-5-6-8(16-7)10(9)17-11(6)14;1-4-10(2,3)9(12)14-7-5-8(11)13-6-7;1-4-10(2,3)9(12)14-7-5-6-13-8(7)11;10-9-8-6-2-1-5(3-6)7(8)4-11-9;9-8-7-4(3-10-8)5-1-2-6(7)11-5;2*1-5-7(2,3)6(8)9-4/h7-12H,5-6H2,1-4H3;8-11H,4-6H2,1-3H3;7-11H,4-6H2,1-3H3;6-10H,4-5H2,1-3H3;2*7H,4-6H2,1-3H3;5-8H,1-4H2;4-7H,1-3H2;2*5H2,1-4H3. The summed E-state index contributed by atoms with van der Waals surface area (Å²) in [4.78, 5) is 197. The quantitative estimate of drug-likeness (QED) is 0.0677. The number of fused-ring (bicyclic) bond motifs is 14. The number of rotatable bonds is 23. The van der Waals surface area contributed by atoms with E-state index in [0.717, 1.165) is 63.9 Å². The monoisotopic (exact) mass is 2060 g/mol. The molecule has 0 aromatic rings. The van der Waals surface area contributed by atoms with Crippen LogP contribution in [0.15, 0.2) is 0 Å². The Morgan fingerprint density at radius 3 is 1.28 bits per heavy atom. The molecule has 31 atom stereocenters. The van der Waals surface area contributed by atoms with Gasteiger partial charge >= 0.3 is 101 Å². The molecular weight excluding hydrogens is 1900 g/mol. The summed E-state index contributed by atoms with van der Waals surface area (Å²) in [6.45, 7) is 47.0. The maximum Gasteiger partial charge on any atom is 0.347 e. The smallest absolute Gasteiger partial charge is 0.347 e. The number of carbonyl (C=O) groups excluding carboxylic acids is 17. The van der Waals surface area contributed by atoms with Crippen molar-refractivity contribution in [3.05, 3.63) is 0 Å². The first-order valence-electron chi connectivity index (χ1n) is 53.0. The van der Waals surface area contributed by atoms with Crippen molar-refractivity contribution in [1.82, 2.24) is 0 Å². The molecule has 0 aromatic heterocycles. The van der Waals surface area contributed by atoms with Crippen LogP contribution in [0.1, 0.15) is 301 Å². The molecule has 12 saturated heterocycles. The third-order valence-electron chi connectivity index (χ3n) is 35.9. The van der Waals surface area contributed by atoms with Gasteiger partial charge in [-0.05, 0) is 245 Å². The molecule has 8 saturated carbocycles. The van der Waals surface area contributed by atoms with Crippen molar-refractivity contribution < 1.29 is 172 Å². The summed E-state index contributed by atoms with van der Waals surface area (Å²) in [6.07, 6.45) is 13.1. The molecule has 37 heteroatoms. The Kier molecular flexibility index (Phi) is 36.8. The van der Waals surface area contributed by atoms with Crippen LogP contribution in [0.3, 0.4) is 0 Å². The molecule has 0 radical (unpaired) electrons. The Bertz CT molecular complexity index is 4730. The van der Waals surface area contributed by atoms with Crippen LogP contribution in [0.5, 0.6) is 0 Å². The molecule has 0 amide bonds. The zero-order valence-electron chi connectivity index (χ0n) is 90.6. The Morgan fingerprint density at radius 1 is 0.342 bits per heavy atom. The molecule has 0 N–H and O–H groups in total. The van der Waals surface area contributed by atoms with E-state index in [1.807, 2.05) is 152 Å². The van der Waals surface area contributed by atoms with Crippen LogP contribution in [0.25, 0.3) is 0 Å². The first-order chi connectivity index (χ1) is 68.3. The molecule has 31 unspecified atom stereocenters. The molecule has 0 spiro atoms. The highest BCUT2D eigenvalue weighted by atomic mass is 16.7. The number of methoxy groups -OCH3 is 3. The van der Waals surface area contributed by atoms with Crippen molar-refractivity contribution in [3.8, 4) is 6.07 Å². The number of cyclic esters (lactones) is 4. The molecule has 8 aliphatic carbocycles. The summed E-state index contributed by atoms with van der Waals surface area (Å²) in [5.74, 6) is -1.71. The second kappa shape index (κ2) is 46.1. The summed E-state index contributed by atoms with van der Waals surface area (Å²) in [7, 11) is 4.15. The topological polar surface area (TPSA) is 489 Å². The summed E-state index contributed by atoms with van der Waals surface area (Å²) >= 11 is 0. The van der Waals surface area contributed by atoms with Crippen LogP contribution >= 0.6 is 0 Å². The van der Waals surface area contributed by atoms with Gasteiger partial charge in [0.1, 0.15) is 55.4 Å². The Hall–Kier alpha value is -9.60. The maximum absolute atomic E-state index is 12.4. The van der Waals surface area contributed by atoms with E-state index in [9.17, 15) is 86.8 Å². The molecule has 146 heavy (non-hydrogen) atoms. The molecular formula is C109H161NO36. The number of nitrogens with zero attached hydrogens (tertiary/aromatic N) is 1. The fourth-order valence-corrected chi connectivity index (χ4v) is 22.8. The summed E-state index contributed by atoms with van der Waals surface area (Å²) in [6, 6.07) is 2.15. The lowest BCUT2D eigenvalue weighted by Crippen LogP contribution is -2.45. The fourth-order valence-electron chi connectivity index (χ4n) is 22.8. The van der Waals surface area contributed by atoms with Crippen molar-refractivity contribution >= 4 is 101 Å². The average molecular weight is 2060 g/mol. The molecule has 37 nitrogen and oxygen atoms in total. The molecule has 0 aromatic carbocycles. The minimum absolute atomic E-state index is 0.0257. The lowest BCUT2D eigenvalue weighted by Gasteiger charge is -2.32. The van der Waals surface area contributed by atoms with Gasteiger partial charge in [0.05, 0.1) is 151 Å². The molecule has 20 fully saturated rings. The Morgan fingerprint density at radius 2 is 0.801 bits per heavy atom. The molecule has 12 heterocycles. The largest absolute Gasteiger partial charge is 0.469 e. The van der Waals surface area contributed by atoms with Crippen LogP contribution in [0, 0.1) is 155 Å². The third kappa shape index (κ3) is 24.0. The highest BCUT2D eigenvalue weighted by molar-refractivity contribution is 5.88. The molecule has 20 aliphatic rings.